The normalized spacial score (nSPS) is 19.8. The Bertz CT molecular complexity index is 960. The van der Waals surface area contributed by atoms with E-state index in [9.17, 15) is 14.4 Å². The summed E-state index contributed by atoms with van der Waals surface area (Å²) in [5.74, 6) is -0.222. The molecule has 2 aromatic rings. The Morgan fingerprint density at radius 2 is 2.11 bits per heavy atom. The van der Waals surface area contributed by atoms with E-state index >= 15 is 0 Å². The summed E-state index contributed by atoms with van der Waals surface area (Å²) in [6.45, 7) is 0.320. The summed E-state index contributed by atoms with van der Waals surface area (Å²) >= 11 is 13.0. The number of fused-ring (bicyclic) bond motifs is 1. The van der Waals surface area contributed by atoms with Crippen LogP contribution in [0.3, 0.4) is 0 Å². The van der Waals surface area contributed by atoms with Gasteiger partial charge in [0.1, 0.15) is 14.6 Å². The number of amides is 1. The number of thiophene rings is 1. The highest BCUT2D eigenvalue weighted by Crippen LogP contribution is 2.35. The number of aromatic nitrogens is 2. The summed E-state index contributed by atoms with van der Waals surface area (Å²) < 4.78 is 12.1. The smallest absolute Gasteiger partial charge is 0.409 e. The van der Waals surface area contributed by atoms with Crippen LogP contribution in [0, 0.1) is 0 Å². The second kappa shape index (κ2) is 8.77. The molecule has 2 aromatic heterocycles. The minimum absolute atomic E-state index is 0.0457. The maximum absolute atomic E-state index is 12.7. The molecule has 28 heavy (non-hydrogen) atoms. The third-order valence-corrected chi connectivity index (χ3v) is 6.73. The average Bonchev–Trinajstić information content (AvgIpc) is 2.98. The van der Waals surface area contributed by atoms with Gasteiger partial charge in [-0.15, -0.1) is 11.3 Å². The molecule has 3 heterocycles. The summed E-state index contributed by atoms with van der Waals surface area (Å²) in [6, 6.07) is -0.447. The zero-order valence-electron chi connectivity index (χ0n) is 15.3. The van der Waals surface area contributed by atoms with Crippen LogP contribution in [0.15, 0.2) is 11.1 Å². The number of ether oxygens (including phenoxy) is 2. The second-order valence-electron chi connectivity index (χ2n) is 6.44. The van der Waals surface area contributed by atoms with Crippen LogP contribution in [0.4, 0.5) is 4.79 Å². The predicted molar refractivity (Wildman–Crippen MR) is 106 cm³/mol. The number of piperidine rings is 1. The van der Waals surface area contributed by atoms with Crippen LogP contribution in [-0.4, -0.2) is 59.2 Å². The van der Waals surface area contributed by atoms with Crippen LogP contribution in [0.5, 0.6) is 0 Å². The van der Waals surface area contributed by atoms with E-state index in [0.717, 1.165) is 24.2 Å². The third-order valence-electron chi connectivity index (χ3n) is 4.78. The number of halogens is 2. The summed E-state index contributed by atoms with van der Waals surface area (Å²) in [7, 11) is 2.85. The lowest BCUT2D eigenvalue weighted by Gasteiger charge is -2.39. The van der Waals surface area contributed by atoms with Crippen LogP contribution in [0.25, 0.3) is 10.2 Å². The first-order chi connectivity index (χ1) is 13.4. The summed E-state index contributed by atoms with van der Waals surface area (Å²) in [6.07, 6.45) is 2.06. The molecule has 0 aliphatic carbocycles. The maximum Gasteiger partial charge on any atom is 0.409 e. The molecule has 0 N–H and O–H groups in total. The molecule has 0 spiro atoms. The average molecular weight is 448 g/mol. The monoisotopic (exact) mass is 447 g/mol. The molecule has 1 amide bonds. The van der Waals surface area contributed by atoms with Gasteiger partial charge in [0.05, 0.1) is 37.2 Å². The lowest BCUT2D eigenvalue weighted by molar-refractivity contribution is -0.122. The molecule has 0 saturated carbocycles. The van der Waals surface area contributed by atoms with Crippen LogP contribution >= 0.6 is 34.5 Å². The zero-order chi connectivity index (χ0) is 20.4. The van der Waals surface area contributed by atoms with Crippen molar-refractivity contribution in [2.45, 2.75) is 38.0 Å². The van der Waals surface area contributed by atoms with E-state index in [1.807, 2.05) is 0 Å². The Morgan fingerprint density at radius 1 is 1.36 bits per heavy atom. The summed E-state index contributed by atoms with van der Waals surface area (Å²) in [5, 5.41) is 0.233. The molecule has 8 nitrogen and oxygen atoms in total. The number of ketones is 1. The summed E-state index contributed by atoms with van der Waals surface area (Å²) in [5.41, 5.74) is -0.0529. The number of hydrogen-bond acceptors (Lipinski definition) is 7. The fourth-order valence-corrected chi connectivity index (χ4v) is 4.89. The molecule has 2 atom stereocenters. The molecule has 0 bridgehead atoms. The first-order valence-corrected chi connectivity index (χ1v) is 10.2. The van der Waals surface area contributed by atoms with E-state index in [1.165, 1.54) is 22.9 Å². The molecule has 0 aromatic carbocycles. The van der Waals surface area contributed by atoms with Gasteiger partial charge >= 0.3 is 6.09 Å². The third kappa shape index (κ3) is 4.03. The molecule has 1 saturated heterocycles. The number of likely N-dealkylation sites (tertiary alicyclic amines) is 1. The first kappa shape index (κ1) is 21.0. The van der Waals surface area contributed by atoms with Gasteiger partial charge in [-0.25, -0.2) is 9.78 Å². The fourth-order valence-electron chi connectivity index (χ4n) is 3.43. The van der Waals surface area contributed by atoms with Gasteiger partial charge < -0.3 is 14.4 Å². The Hall–Kier alpha value is -1.68. The number of methoxy groups -OCH3 is 2. The first-order valence-electron chi connectivity index (χ1n) is 8.59. The zero-order valence-corrected chi connectivity index (χ0v) is 17.6. The van der Waals surface area contributed by atoms with Gasteiger partial charge in [0.25, 0.3) is 5.56 Å². The van der Waals surface area contributed by atoms with Crippen molar-refractivity contribution >= 4 is 56.6 Å². The molecule has 3 rings (SSSR count). The number of rotatable bonds is 5. The maximum atomic E-state index is 12.7. The largest absolute Gasteiger partial charge is 0.453 e. The minimum Gasteiger partial charge on any atom is -0.453 e. The van der Waals surface area contributed by atoms with E-state index in [4.69, 9.17) is 32.7 Å². The highest BCUT2D eigenvalue weighted by Gasteiger charge is 2.36. The number of hydrogen-bond donors (Lipinski definition) is 0. The van der Waals surface area contributed by atoms with Crippen molar-refractivity contribution in [2.75, 3.05) is 20.8 Å². The predicted octanol–water partition coefficient (Wildman–Crippen LogP) is 2.97. The highest BCUT2D eigenvalue weighted by atomic mass is 35.5. The van der Waals surface area contributed by atoms with E-state index in [-0.39, 0.29) is 39.8 Å². The van der Waals surface area contributed by atoms with Crippen molar-refractivity contribution in [2.24, 2.45) is 0 Å². The van der Waals surface area contributed by atoms with Gasteiger partial charge in [-0.05, 0) is 12.8 Å². The fraction of sp³-hybridized carbons (Fsp3) is 0.529. The van der Waals surface area contributed by atoms with E-state index in [2.05, 4.69) is 4.98 Å². The van der Waals surface area contributed by atoms with Crippen molar-refractivity contribution < 1.29 is 19.1 Å². The van der Waals surface area contributed by atoms with Crippen LogP contribution in [0.2, 0.25) is 9.36 Å². The van der Waals surface area contributed by atoms with E-state index in [1.54, 1.807) is 7.11 Å². The topological polar surface area (TPSA) is 90.7 Å². The second-order valence-corrected chi connectivity index (χ2v) is 8.44. The van der Waals surface area contributed by atoms with Crippen molar-refractivity contribution in [3.8, 4) is 0 Å². The number of carbonyl (C=O) groups excluding carboxylic acids is 2. The van der Waals surface area contributed by atoms with Crippen molar-refractivity contribution in [3.63, 3.8) is 0 Å². The Morgan fingerprint density at radius 3 is 2.79 bits per heavy atom. The van der Waals surface area contributed by atoms with Crippen LogP contribution in [-0.2, 0) is 20.8 Å². The lowest BCUT2D eigenvalue weighted by atomic mass is 9.94. The summed E-state index contributed by atoms with van der Waals surface area (Å²) in [4.78, 5) is 43.0. The number of nitrogens with zero attached hydrogens (tertiary/aromatic N) is 3. The molecule has 0 unspecified atom stereocenters. The highest BCUT2D eigenvalue weighted by molar-refractivity contribution is 7.23. The standard InChI is InChI=1S/C17H19Cl2N3O5S/c1-26-11-4-3-5-22(17(25)27-2)10(11)6-9(23)7-21-8-20-13-12(18)15(19)28-14(13)16(21)24/h8,10-11H,3-7H2,1-2H3/t10-,11+/m0/s1. The Balaban J connectivity index is 1.80. The quantitative estimate of drug-likeness (QED) is 0.699. The molecular formula is C17H19Cl2N3O5S. The van der Waals surface area contributed by atoms with E-state index < -0.39 is 12.1 Å². The minimum atomic E-state index is -0.498. The van der Waals surface area contributed by atoms with Gasteiger partial charge in [0.2, 0.25) is 0 Å². The molecule has 1 fully saturated rings. The number of carbonyl (C=O) groups is 2. The van der Waals surface area contributed by atoms with Gasteiger partial charge in [-0.2, -0.15) is 0 Å². The SMILES string of the molecule is COC(=O)N1CCC[C@@H](OC)[C@@H]1CC(=O)Cn1cnc2c(Cl)c(Cl)sc2c1=O. The molecule has 1 aliphatic rings. The Labute approximate surface area is 174 Å². The van der Waals surface area contributed by atoms with Crippen molar-refractivity contribution in [1.82, 2.24) is 14.5 Å². The molecular weight excluding hydrogens is 429 g/mol. The number of Topliss-reactive ketones (excluding diaryl/α,β-unsaturated/α-hetero) is 1. The molecule has 1 aliphatic heterocycles. The van der Waals surface area contributed by atoms with Gasteiger partial charge in [-0.1, -0.05) is 23.2 Å². The van der Waals surface area contributed by atoms with E-state index in [0.29, 0.717) is 16.8 Å². The Kier molecular flexibility index (Phi) is 6.59. The molecule has 11 heteroatoms. The molecule has 152 valence electrons. The lowest BCUT2D eigenvalue weighted by Crippen LogP contribution is -2.52. The van der Waals surface area contributed by atoms with Gasteiger partial charge in [0, 0.05) is 20.1 Å². The van der Waals surface area contributed by atoms with Crippen molar-refractivity contribution in [3.05, 3.63) is 26.0 Å². The van der Waals surface area contributed by atoms with Crippen LogP contribution in [0.1, 0.15) is 19.3 Å². The van der Waals surface area contributed by atoms with Crippen molar-refractivity contribution in [1.29, 1.82) is 0 Å². The van der Waals surface area contributed by atoms with Crippen LogP contribution < -0.4 is 5.56 Å². The van der Waals surface area contributed by atoms with Gasteiger partial charge in [0.15, 0.2) is 5.78 Å². The molecule has 0 radical (unpaired) electrons. The van der Waals surface area contributed by atoms with Gasteiger partial charge in [-0.3, -0.25) is 14.2 Å².